The van der Waals surface area contributed by atoms with Crippen LogP contribution in [0.4, 0.5) is 5.82 Å². The van der Waals surface area contributed by atoms with Gasteiger partial charge in [0.15, 0.2) is 11.5 Å². The molecule has 0 spiro atoms. The monoisotopic (exact) mass is 365 g/mol. The van der Waals surface area contributed by atoms with Gasteiger partial charge in [-0.1, -0.05) is 69.9 Å². The second kappa shape index (κ2) is 10.9. The number of carbonyl (C=O) groups excluding carboxylic acids is 1. The van der Waals surface area contributed by atoms with E-state index in [9.17, 15) is 9.90 Å². The van der Waals surface area contributed by atoms with E-state index in [1.54, 1.807) is 7.05 Å². The third kappa shape index (κ3) is 5.79. The van der Waals surface area contributed by atoms with Crippen LogP contribution in [0.1, 0.15) is 88.0 Å². The zero-order chi connectivity index (χ0) is 18.8. The van der Waals surface area contributed by atoms with Crippen molar-refractivity contribution in [3.8, 4) is 0 Å². The Morgan fingerprint density at radius 3 is 2.38 bits per heavy atom. The minimum absolute atomic E-state index is 0.0907. The SMILES string of the molecule is CCCCCCCCCCCCOC(=O)c1ncn2c1N=NN(C)C2O. The maximum Gasteiger partial charge on any atom is 0.360 e. The molecule has 0 saturated carbocycles. The first kappa shape index (κ1) is 20.4. The molecule has 0 aliphatic carbocycles. The Kier molecular flexibility index (Phi) is 8.53. The molecular weight excluding hydrogens is 334 g/mol. The van der Waals surface area contributed by atoms with Gasteiger partial charge in [0.25, 0.3) is 0 Å². The molecule has 1 N–H and O–H groups in total. The predicted molar refractivity (Wildman–Crippen MR) is 97.9 cm³/mol. The third-order valence-corrected chi connectivity index (χ3v) is 4.56. The van der Waals surface area contributed by atoms with Crippen molar-refractivity contribution in [2.75, 3.05) is 13.7 Å². The Morgan fingerprint density at radius 2 is 1.73 bits per heavy atom. The van der Waals surface area contributed by atoms with Crippen LogP contribution in [-0.2, 0) is 4.74 Å². The lowest BCUT2D eigenvalue weighted by atomic mass is 10.1. The largest absolute Gasteiger partial charge is 0.461 e. The number of unbranched alkanes of at least 4 members (excludes halogenated alkanes) is 9. The van der Waals surface area contributed by atoms with Gasteiger partial charge in [0.05, 0.1) is 6.61 Å². The number of aromatic nitrogens is 2. The van der Waals surface area contributed by atoms with E-state index in [2.05, 4.69) is 22.2 Å². The molecule has 26 heavy (non-hydrogen) atoms. The fourth-order valence-corrected chi connectivity index (χ4v) is 2.93. The van der Waals surface area contributed by atoms with Crippen molar-refractivity contribution >= 4 is 11.8 Å². The van der Waals surface area contributed by atoms with E-state index in [0.717, 1.165) is 12.8 Å². The van der Waals surface area contributed by atoms with E-state index in [4.69, 9.17) is 4.74 Å². The van der Waals surface area contributed by atoms with Crippen molar-refractivity contribution in [2.45, 2.75) is 77.5 Å². The van der Waals surface area contributed by atoms with Crippen LogP contribution in [0.3, 0.4) is 0 Å². The summed E-state index contributed by atoms with van der Waals surface area (Å²) in [6, 6.07) is 0. The number of hydrogen-bond acceptors (Lipinski definition) is 7. The second-order valence-corrected chi connectivity index (χ2v) is 6.75. The molecule has 1 aliphatic heterocycles. The molecule has 1 unspecified atom stereocenters. The smallest absolute Gasteiger partial charge is 0.360 e. The number of aliphatic hydroxyl groups is 1. The second-order valence-electron chi connectivity index (χ2n) is 6.75. The Hall–Kier alpha value is -1.96. The van der Waals surface area contributed by atoms with Gasteiger partial charge < -0.3 is 9.84 Å². The summed E-state index contributed by atoms with van der Waals surface area (Å²) in [5.74, 6) is -0.297. The van der Waals surface area contributed by atoms with Crippen LogP contribution in [0.2, 0.25) is 0 Å². The van der Waals surface area contributed by atoms with E-state index in [1.807, 2.05) is 0 Å². The summed E-state index contributed by atoms with van der Waals surface area (Å²) in [5.41, 5.74) is 0.0907. The number of hydrogen-bond donors (Lipinski definition) is 1. The highest BCUT2D eigenvalue weighted by Crippen LogP contribution is 2.28. The number of nitrogens with zero attached hydrogens (tertiary/aromatic N) is 5. The molecule has 1 aromatic rings. The zero-order valence-electron chi connectivity index (χ0n) is 15.9. The first-order valence-corrected chi connectivity index (χ1v) is 9.71. The quantitative estimate of drug-likeness (QED) is 0.439. The van der Waals surface area contributed by atoms with Gasteiger partial charge in [-0.05, 0) is 6.42 Å². The lowest BCUT2D eigenvalue weighted by Gasteiger charge is -2.24. The summed E-state index contributed by atoms with van der Waals surface area (Å²) in [4.78, 5) is 16.1. The Balaban J connectivity index is 1.58. The van der Waals surface area contributed by atoms with Crippen LogP contribution in [-0.4, -0.2) is 39.3 Å². The van der Waals surface area contributed by atoms with Crippen LogP contribution < -0.4 is 0 Å². The van der Waals surface area contributed by atoms with Gasteiger partial charge in [-0.3, -0.25) is 4.57 Å². The molecular formula is C18H31N5O3. The molecule has 1 aromatic heterocycles. The van der Waals surface area contributed by atoms with Gasteiger partial charge in [0.1, 0.15) is 6.33 Å². The van der Waals surface area contributed by atoms with Gasteiger partial charge >= 0.3 is 5.97 Å². The van der Waals surface area contributed by atoms with E-state index in [0.29, 0.717) is 6.61 Å². The fourth-order valence-electron chi connectivity index (χ4n) is 2.93. The number of fused-ring (bicyclic) bond motifs is 1. The molecule has 2 heterocycles. The number of ether oxygens (including phenoxy) is 1. The van der Waals surface area contributed by atoms with E-state index >= 15 is 0 Å². The van der Waals surface area contributed by atoms with E-state index < -0.39 is 12.3 Å². The average Bonchev–Trinajstić information content (AvgIpc) is 3.07. The summed E-state index contributed by atoms with van der Waals surface area (Å²) in [6.45, 7) is 2.61. The first-order chi connectivity index (χ1) is 12.6. The summed E-state index contributed by atoms with van der Waals surface area (Å²) < 4.78 is 6.65. The summed E-state index contributed by atoms with van der Waals surface area (Å²) >= 11 is 0. The highest BCUT2D eigenvalue weighted by Gasteiger charge is 2.27. The number of imidazole rings is 1. The van der Waals surface area contributed by atoms with Crippen LogP contribution >= 0.6 is 0 Å². The highest BCUT2D eigenvalue weighted by molar-refractivity contribution is 5.91. The minimum Gasteiger partial charge on any atom is -0.461 e. The molecule has 1 atom stereocenters. The lowest BCUT2D eigenvalue weighted by molar-refractivity contribution is -0.0491. The predicted octanol–water partition coefficient (Wildman–Crippen LogP) is 4.35. The molecule has 0 bridgehead atoms. The number of esters is 1. The average molecular weight is 365 g/mol. The molecule has 0 aromatic carbocycles. The Labute approximate surface area is 155 Å². The van der Waals surface area contributed by atoms with Crippen LogP contribution in [0, 0.1) is 0 Å². The molecule has 8 heteroatoms. The van der Waals surface area contributed by atoms with E-state index in [1.165, 1.54) is 67.3 Å². The third-order valence-electron chi connectivity index (χ3n) is 4.56. The van der Waals surface area contributed by atoms with E-state index in [-0.39, 0.29) is 11.5 Å². The highest BCUT2D eigenvalue weighted by atomic mass is 16.5. The molecule has 8 nitrogen and oxygen atoms in total. The molecule has 146 valence electrons. The molecule has 0 amide bonds. The van der Waals surface area contributed by atoms with Crippen LogP contribution in [0.5, 0.6) is 0 Å². The van der Waals surface area contributed by atoms with Crippen molar-refractivity contribution in [2.24, 2.45) is 10.3 Å². The van der Waals surface area contributed by atoms with Crippen molar-refractivity contribution in [1.29, 1.82) is 0 Å². The topological polar surface area (TPSA) is 92.3 Å². The molecule has 0 saturated heterocycles. The number of carbonyl (C=O) groups is 1. The standard InChI is InChI=1S/C18H31N5O3/c1-3-4-5-6-7-8-9-10-11-12-13-26-17(24)15-16-20-21-22(2)18(25)23(16)14-19-15/h14,18,25H,3-13H2,1-2H3. The van der Waals surface area contributed by atoms with Gasteiger partial charge in [-0.2, -0.15) is 0 Å². The molecule has 0 radical (unpaired) electrons. The minimum atomic E-state index is -1.02. The van der Waals surface area contributed by atoms with Crippen molar-refractivity contribution in [1.82, 2.24) is 14.6 Å². The maximum atomic E-state index is 12.1. The normalized spacial score (nSPS) is 16.0. The van der Waals surface area contributed by atoms with Gasteiger partial charge in [-0.25, -0.2) is 14.8 Å². The lowest BCUT2D eigenvalue weighted by Crippen LogP contribution is -2.26. The first-order valence-electron chi connectivity index (χ1n) is 9.71. The molecule has 0 fully saturated rings. The Bertz CT molecular complexity index is 587. The summed E-state index contributed by atoms with van der Waals surface area (Å²) in [7, 11) is 1.58. The van der Waals surface area contributed by atoms with Crippen molar-refractivity contribution in [3.63, 3.8) is 0 Å². The number of rotatable bonds is 12. The fraction of sp³-hybridized carbons (Fsp3) is 0.778. The van der Waals surface area contributed by atoms with Crippen molar-refractivity contribution in [3.05, 3.63) is 12.0 Å². The van der Waals surface area contributed by atoms with Crippen LogP contribution in [0.15, 0.2) is 16.7 Å². The van der Waals surface area contributed by atoms with Gasteiger partial charge in [-0.15, -0.1) is 5.11 Å². The maximum absolute atomic E-state index is 12.1. The van der Waals surface area contributed by atoms with Gasteiger partial charge in [0, 0.05) is 7.05 Å². The zero-order valence-corrected chi connectivity index (χ0v) is 15.9. The van der Waals surface area contributed by atoms with Crippen molar-refractivity contribution < 1.29 is 14.6 Å². The summed E-state index contributed by atoms with van der Waals surface area (Å²) in [5, 5.41) is 18.9. The number of aliphatic hydroxyl groups excluding tert-OH is 1. The Morgan fingerprint density at radius 1 is 1.12 bits per heavy atom. The molecule has 1 aliphatic rings. The molecule has 2 rings (SSSR count). The van der Waals surface area contributed by atoms with Gasteiger partial charge in [0.2, 0.25) is 6.35 Å². The van der Waals surface area contributed by atoms with Crippen LogP contribution in [0.25, 0.3) is 0 Å². The summed E-state index contributed by atoms with van der Waals surface area (Å²) in [6.07, 6.45) is 12.7.